The Hall–Kier alpha value is -1.75. The lowest BCUT2D eigenvalue weighted by molar-refractivity contribution is 0.503. The number of rotatable bonds is 4. The Morgan fingerprint density at radius 2 is 2.00 bits per heavy atom. The van der Waals surface area contributed by atoms with Crippen LogP contribution in [0.4, 0.5) is 8.78 Å². The molecule has 19 heavy (non-hydrogen) atoms. The van der Waals surface area contributed by atoms with E-state index in [0.717, 1.165) is 23.9 Å². The van der Waals surface area contributed by atoms with Gasteiger partial charge in [-0.2, -0.15) is 5.10 Å². The summed E-state index contributed by atoms with van der Waals surface area (Å²) >= 11 is 0. The van der Waals surface area contributed by atoms with Gasteiger partial charge in [0.25, 0.3) is 0 Å². The van der Waals surface area contributed by atoms with Gasteiger partial charge in [-0.1, -0.05) is 13.0 Å². The van der Waals surface area contributed by atoms with Crippen molar-refractivity contribution in [1.82, 2.24) is 15.1 Å². The number of hydrogen-bond donors (Lipinski definition) is 1. The van der Waals surface area contributed by atoms with Crippen molar-refractivity contribution < 1.29 is 8.78 Å². The standard InChI is InChI=1S/C14H17F2N3/c1-4-10-8-13(19(3)18-10)14(17-2)9-5-6-11(15)12(16)7-9/h5-8,14,17H,4H2,1-3H3. The summed E-state index contributed by atoms with van der Waals surface area (Å²) in [5.41, 5.74) is 2.57. The van der Waals surface area contributed by atoms with Crippen molar-refractivity contribution in [3.8, 4) is 0 Å². The van der Waals surface area contributed by atoms with Crippen molar-refractivity contribution in [2.24, 2.45) is 7.05 Å². The molecule has 102 valence electrons. The average Bonchev–Trinajstić information content (AvgIpc) is 2.76. The molecule has 1 aromatic carbocycles. The maximum atomic E-state index is 13.3. The van der Waals surface area contributed by atoms with Crippen molar-refractivity contribution >= 4 is 0 Å². The van der Waals surface area contributed by atoms with Gasteiger partial charge in [0.1, 0.15) is 0 Å². The normalized spacial score (nSPS) is 12.7. The Balaban J connectivity index is 2.43. The highest BCUT2D eigenvalue weighted by molar-refractivity contribution is 5.30. The van der Waals surface area contributed by atoms with Crippen LogP contribution in [0.3, 0.4) is 0 Å². The van der Waals surface area contributed by atoms with Gasteiger partial charge in [-0.15, -0.1) is 0 Å². The minimum Gasteiger partial charge on any atom is -0.308 e. The van der Waals surface area contributed by atoms with E-state index in [9.17, 15) is 8.78 Å². The first-order valence-corrected chi connectivity index (χ1v) is 6.21. The highest BCUT2D eigenvalue weighted by Gasteiger charge is 2.18. The Morgan fingerprint density at radius 3 is 2.53 bits per heavy atom. The lowest BCUT2D eigenvalue weighted by Crippen LogP contribution is -2.20. The predicted octanol–water partition coefficient (Wildman–Crippen LogP) is 2.57. The number of benzene rings is 1. The van der Waals surface area contributed by atoms with Crippen LogP contribution < -0.4 is 5.32 Å². The van der Waals surface area contributed by atoms with Crippen LogP contribution in [0.15, 0.2) is 24.3 Å². The quantitative estimate of drug-likeness (QED) is 0.920. The third-order valence-corrected chi connectivity index (χ3v) is 3.19. The molecule has 0 saturated heterocycles. The zero-order valence-electron chi connectivity index (χ0n) is 11.2. The molecule has 2 aromatic rings. The molecule has 1 aromatic heterocycles. The highest BCUT2D eigenvalue weighted by atomic mass is 19.2. The van der Waals surface area contributed by atoms with Crippen LogP contribution in [0.5, 0.6) is 0 Å². The van der Waals surface area contributed by atoms with Gasteiger partial charge in [0, 0.05) is 7.05 Å². The molecule has 1 heterocycles. The Morgan fingerprint density at radius 1 is 1.26 bits per heavy atom. The van der Waals surface area contributed by atoms with Crippen molar-refractivity contribution in [2.75, 3.05) is 7.05 Å². The number of aryl methyl sites for hydroxylation is 2. The van der Waals surface area contributed by atoms with E-state index in [1.54, 1.807) is 17.8 Å². The number of hydrogen-bond acceptors (Lipinski definition) is 2. The molecule has 0 aliphatic carbocycles. The fourth-order valence-electron chi connectivity index (χ4n) is 2.16. The highest BCUT2D eigenvalue weighted by Crippen LogP contribution is 2.23. The summed E-state index contributed by atoms with van der Waals surface area (Å²) in [6.07, 6.45) is 0.835. The molecule has 0 radical (unpaired) electrons. The van der Waals surface area contributed by atoms with E-state index in [1.807, 2.05) is 20.0 Å². The smallest absolute Gasteiger partial charge is 0.159 e. The lowest BCUT2D eigenvalue weighted by Gasteiger charge is -2.17. The molecule has 3 nitrogen and oxygen atoms in total. The first-order valence-electron chi connectivity index (χ1n) is 6.21. The maximum Gasteiger partial charge on any atom is 0.159 e. The summed E-state index contributed by atoms with van der Waals surface area (Å²) in [5.74, 6) is -1.67. The molecule has 2 rings (SSSR count). The minimum absolute atomic E-state index is 0.215. The summed E-state index contributed by atoms with van der Waals surface area (Å²) in [7, 11) is 3.63. The van der Waals surface area contributed by atoms with Gasteiger partial charge < -0.3 is 5.32 Å². The Kier molecular flexibility index (Phi) is 3.95. The second-order valence-electron chi connectivity index (χ2n) is 4.43. The van der Waals surface area contributed by atoms with Crippen LogP contribution in [0, 0.1) is 11.6 Å². The van der Waals surface area contributed by atoms with E-state index in [0.29, 0.717) is 5.56 Å². The summed E-state index contributed by atoms with van der Waals surface area (Å²) in [6, 6.07) is 5.70. The van der Waals surface area contributed by atoms with Crippen molar-refractivity contribution in [3.05, 3.63) is 52.9 Å². The van der Waals surface area contributed by atoms with E-state index >= 15 is 0 Å². The second-order valence-corrected chi connectivity index (χ2v) is 4.43. The zero-order chi connectivity index (χ0) is 14.0. The lowest BCUT2D eigenvalue weighted by atomic mass is 10.0. The SMILES string of the molecule is CCc1cc(C(NC)c2ccc(F)c(F)c2)n(C)n1. The Bertz CT molecular complexity index is 578. The molecule has 0 aliphatic rings. The molecule has 1 N–H and O–H groups in total. The molecule has 0 amide bonds. The fourth-order valence-corrected chi connectivity index (χ4v) is 2.16. The van der Waals surface area contributed by atoms with Crippen molar-refractivity contribution in [1.29, 1.82) is 0 Å². The van der Waals surface area contributed by atoms with Crippen molar-refractivity contribution in [2.45, 2.75) is 19.4 Å². The molecular weight excluding hydrogens is 248 g/mol. The van der Waals surface area contributed by atoms with Gasteiger partial charge in [-0.05, 0) is 37.2 Å². The van der Waals surface area contributed by atoms with E-state index in [2.05, 4.69) is 10.4 Å². The van der Waals surface area contributed by atoms with Gasteiger partial charge in [-0.25, -0.2) is 8.78 Å². The molecule has 1 unspecified atom stereocenters. The van der Waals surface area contributed by atoms with Crippen LogP contribution in [-0.4, -0.2) is 16.8 Å². The molecule has 0 fully saturated rings. The third kappa shape index (κ3) is 2.66. The number of aromatic nitrogens is 2. The molecule has 0 aliphatic heterocycles. The largest absolute Gasteiger partial charge is 0.308 e. The molecule has 1 atom stereocenters. The van der Waals surface area contributed by atoms with E-state index in [4.69, 9.17) is 0 Å². The monoisotopic (exact) mass is 265 g/mol. The summed E-state index contributed by atoms with van der Waals surface area (Å²) in [6.45, 7) is 2.03. The van der Waals surface area contributed by atoms with E-state index in [1.165, 1.54) is 6.07 Å². The van der Waals surface area contributed by atoms with Crippen molar-refractivity contribution in [3.63, 3.8) is 0 Å². The first kappa shape index (κ1) is 13.7. The van der Waals surface area contributed by atoms with Gasteiger partial charge in [0.05, 0.1) is 17.4 Å². The summed E-state index contributed by atoms with van der Waals surface area (Å²) in [4.78, 5) is 0. The first-order chi connectivity index (χ1) is 9.06. The molecule has 5 heteroatoms. The maximum absolute atomic E-state index is 13.3. The molecular formula is C14H17F2N3. The fraction of sp³-hybridized carbons (Fsp3) is 0.357. The second kappa shape index (κ2) is 5.48. The van der Waals surface area contributed by atoms with Crippen LogP contribution in [0.1, 0.15) is 29.9 Å². The van der Waals surface area contributed by atoms with E-state index < -0.39 is 11.6 Å². The summed E-state index contributed by atoms with van der Waals surface area (Å²) in [5, 5.41) is 7.48. The third-order valence-electron chi connectivity index (χ3n) is 3.19. The molecule has 0 saturated carbocycles. The van der Waals surface area contributed by atoms with Crippen LogP contribution in [0.2, 0.25) is 0 Å². The number of halogens is 2. The average molecular weight is 265 g/mol. The van der Waals surface area contributed by atoms with Gasteiger partial charge in [0.2, 0.25) is 0 Å². The molecule has 0 bridgehead atoms. The minimum atomic E-state index is -0.837. The Labute approximate surface area is 111 Å². The number of nitrogens with one attached hydrogen (secondary N) is 1. The predicted molar refractivity (Wildman–Crippen MR) is 69.8 cm³/mol. The van der Waals surface area contributed by atoms with Crippen LogP contribution >= 0.6 is 0 Å². The van der Waals surface area contributed by atoms with Gasteiger partial charge >= 0.3 is 0 Å². The van der Waals surface area contributed by atoms with E-state index in [-0.39, 0.29) is 6.04 Å². The van der Waals surface area contributed by atoms with Gasteiger partial charge in [-0.3, -0.25) is 4.68 Å². The van der Waals surface area contributed by atoms with Crippen LogP contribution in [-0.2, 0) is 13.5 Å². The topological polar surface area (TPSA) is 29.9 Å². The molecule has 0 spiro atoms. The summed E-state index contributed by atoms with van der Waals surface area (Å²) < 4.78 is 28.1. The van der Waals surface area contributed by atoms with Gasteiger partial charge in [0.15, 0.2) is 11.6 Å². The zero-order valence-corrected chi connectivity index (χ0v) is 11.2. The number of nitrogens with zero attached hydrogens (tertiary/aromatic N) is 2. The van der Waals surface area contributed by atoms with Crippen LogP contribution in [0.25, 0.3) is 0 Å².